The zero-order chi connectivity index (χ0) is 37.8. The third-order valence-electron chi connectivity index (χ3n) is 12.7. The molecule has 8 aromatic carbocycles. The van der Waals surface area contributed by atoms with E-state index in [4.69, 9.17) is 4.42 Å². The van der Waals surface area contributed by atoms with Crippen LogP contribution >= 0.6 is 0 Å². The van der Waals surface area contributed by atoms with Crippen LogP contribution in [0, 0.1) is 0 Å². The van der Waals surface area contributed by atoms with Gasteiger partial charge in [0.25, 0.3) is 0 Å². The second kappa shape index (κ2) is 11.9. The molecule has 0 unspecified atom stereocenters. The number of para-hydroxylation sites is 1. The first-order chi connectivity index (χ1) is 27.3. The molecule has 0 atom stereocenters. The Kier molecular flexibility index (Phi) is 6.98. The highest BCUT2D eigenvalue weighted by atomic mass is 16.3. The first kappa shape index (κ1) is 32.8. The second-order valence-electron chi connectivity index (χ2n) is 16.5. The van der Waals surface area contributed by atoms with E-state index < -0.39 is 0 Å². The summed E-state index contributed by atoms with van der Waals surface area (Å²) in [6.07, 6.45) is 0. The van der Waals surface area contributed by atoms with Crippen molar-refractivity contribution in [2.75, 3.05) is 4.90 Å². The molecular weight excluding hydrogens is 679 g/mol. The lowest BCUT2D eigenvalue weighted by atomic mass is 9.81. The van der Waals surface area contributed by atoms with Crippen molar-refractivity contribution in [2.24, 2.45) is 0 Å². The van der Waals surface area contributed by atoms with Crippen LogP contribution < -0.4 is 4.90 Å². The second-order valence-corrected chi connectivity index (χ2v) is 16.5. The van der Waals surface area contributed by atoms with Crippen LogP contribution in [0.3, 0.4) is 0 Å². The van der Waals surface area contributed by atoms with Gasteiger partial charge in [-0.15, -0.1) is 0 Å². The van der Waals surface area contributed by atoms with Crippen molar-refractivity contribution in [1.82, 2.24) is 0 Å². The van der Waals surface area contributed by atoms with E-state index >= 15 is 0 Å². The summed E-state index contributed by atoms with van der Waals surface area (Å²) < 4.78 is 6.62. The van der Waals surface area contributed by atoms with Gasteiger partial charge in [-0.2, -0.15) is 0 Å². The Morgan fingerprint density at radius 3 is 1.71 bits per heavy atom. The maximum Gasteiger partial charge on any atom is 0.140 e. The Bertz CT molecular complexity index is 3000. The minimum atomic E-state index is -0.216. The van der Waals surface area contributed by atoms with Gasteiger partial charge in [0.2, 0.25) is 0 Å². The fourth-order valence-corrected chi connectivity index (χ4v) is 9.78. The van der Waals surface area contributed by atoms with E-state index in [0.717, 1.165) is 28.2 Å². The Balaban J connectivity index is 1.02. The van der Waals surface area contributed by atoms with Crippen molar-refractivity contribution >= 4 is 39.0 Å². The molecule has 1 heterocycles. The molecule has 0 amide bonds. The van der Waals surface area contributed by atoms with Crippen LogP contribution in [0.25, 0.3) is 66.4 Å². The van der Waals surface area contributed by atoms with E-state index in [9.17, 15) is 0 Å². The Hall–Kier alpha value is -6.64. The maximum atomic E-state index is 6.62. The van der Waals surface area contributed by atoms with Crippen LogP contribution in [0.15, 0.2) is 180 Å². The molecule has 0 saturated carbocycles. The summed E-state index contributed by atoms with van der Waals surface area (Å²) in [5.41, 5.74) is 20.5. The molecule has 0 N–H and O–H groups in total. The molecule has 1 aromatic heterocycles. The predicted molar refractivity (Wildman–Crippen MR) is 234 cm³/mol. The molecule has 56 heavy (non-hydrogen) atoms. The highest BCUT2D eigenvalue weighted by Gasteiger charge is 2.39. The highest BCUT2D eigenvalue weighted by molar-refractivity contribution is 6.09. The molecule has 11 rings (SSSR count). The van der Waals surface area contributed by atoms with Crippen molar-refractivity contribution in [1.29, 1.82) is 0 Å². The monoisotopic (exact) mass is 719 g/mol. The zero-order valence-corrected chi connectivity index (χ0v) is 32.1. The van der Waals surface area contributed by atoms with Gasteiger partial charge in [0.15, 0.2) is 0 Å². The summed E-state index contributed by atoms with van der Waals surface area (Å²) in [7, 11) is 0. The molecule has 9 aromatic rings. The molecule has 268 valence electrons. The van der Waals surface area contributed by atoms with Gasteiger partial charge in [-0.05, 0) is 116 Å². The fourth-order valence-electron chi connectivity index (χ4n) is 9.78. The van der Waals surface area contributed by atoms with Gasteiger partial charge >= 0.3 is 0 Å². The van der Waals surface area contributed by atoms with E-state index in [0.29, 0.717) is 0 Å². The number of hydrogen-bond donors (Lipinski definition) is 0. The van der Waals surface area contributed by atoms with Crippen LogP contribution in [0.2, 0.25) is 0 Å². The topological polar surface area (TPSA) is 16.4 Å². The van der Waals surface area contributed by atoms with Crippen molar-refractivity contribution in [2.45, 2.75) is 38.5 Å². The summed E-state index contributed by atoms with van der Waals surface area (Å²) in [6.45, 7) is 9.37. The minimum absolute atomic E-state index is 0.0402. The minimum Gasteiger partial charge on any atom is -0.456 e. The molecule has 2 aliphatic rings. The Labute approximate surface area is 328 Å². The lowest BCUT2D eigenvalue weighted by Gasteiger charge is -2.27. The average Bonchev–Trinajstić information content (AvgIpc) is 3.81. The van der Waals surface area contributed by atoms with Crippen molar-refractivity contribution in [3.8, 4) is 44.5 Å². The van der Waals surface area contributed by atoms with E-state index in [1.165, 1.54) is 77.5 Å². The number of benzene rings is 8. The Morgan fingerprint density at radius 1 is 0.375 bits per heavy atom. The van der Waals surface area contributed by atoms with E-state index in [1.807, 2.05) is 0 Å². The summed E-state index contributed by atoms with van der Waals surface area (Å²) >= 11 is 0. The average molecular weight is 720 g/mol. The molecule has 0 spiro atoms. The van der Waals surface area contributed by atoms with E-state index in [-0.39, 0.29) is 10.8 Å². The molecule has 2 aliphatic carbocycles. The van der Waals surface area contributed by atoms with Gasteiger partial charge in [0.1, 0.15) is 11.2 Å². The van der Waals surface area contributed by atoms with Gasteiger partial charge in [-0.3, -0.25) is 0 Å². The quantitative estimate of drug-likeness (QED) is 0.176. The Morgan fingerprint density at radius 2 is 0.946 bits per heavy atom. The van der Waals surface area contributed by atoms with Crippen LogP contribution in [0.5, 0.6) is 0 Å². The molecule has 0 aliphatic heterocycles. The van der Waals surface area contributed by atoms with Gasteiger partial charge in [0.05, 0.1) is 0 Å². The van der Waals surface area contributed by atoms with Crippen LogP contribution in [0.1, 0.15) is 49.9 Å². The summed E-state index contributed by atoms with van der Waals surface area (Å²) in [5.74, 6) is 0. The van der Waals surface area contributed by atoms with Crippen LogP contribution in [-0.4, -0.2) is 0 Å². The molecule has 0 bridgehead atoms. The molecule has 2 heteroatoms. The lowest BCUT2D eigenvalue weighted by molar-refractivity contribution is 0.620. The molecule has 0 fully saturated rings. The van der Waals surface area contributed by atoms with Gasteiger partial charge < -0.3 is 9.32 Å². The number of furan rings is 1. The first-order valence-electron chi connectivity index (χ1n) is 19.7. The normalized spacial score (nSPS) is 14.4. The van der Waals surface area contributed by atoms with Crippen molar-refractivity contribution in [3.05, 3.63) is 198 Å². The zero-order valence-electron chi connectivity index (χ0n) is 32.1. The molecule has 0 radical (unpaired) electrons. The van der Waals surface area contributed by atoms with Gasteiger partial charge in [-0.1, -0.05) is 149 Å². The van der Waals surface area contributed by atoms with Crippen molar-refractivity contribution in [3.63, 3.8) is 0 Å². The predicted octanol–water partition coefficient (Wildman–Crippen LogP) is 15.0. The lowest BCUT2D eigenvalue weighted by Crippen LogP contribution is -2.16. The van der Waals surface area contributed by atoms with Gasteiger partial charge in [-0.25, -0.2) is 0 Å². The molecular formula is C54H41NO. The largest absolute Gasteiger partial charge is 0.456 e. The third-order valence-corrected chi connectivity index (χ3v) is 12.7. The van der Waals surface area contributed by atoms with Crippen LogP contribution in [0.4, 0.5) is 17.1 Å². The third kappa shape index (κ3) is 4.75. The first-order valence-corrected chi connectivity index (χ1v) is 19.7. The van der Waals surface area contributed by atoms with Gasteiger partial charge in [0, 0.05) is 44.2 Å². The standard InChI is InChI=1S/C54H41NO/c1-53(2)47-16-10-8-14-41(47)42-28-22-37(32-49(42)53)36-20-25-39(26-21-36)55(38-23-18-35(19-24-38)34-12-6-5-7-13-34)40-27-31-48-46(33-40)44-29-30-45-43-15-9-11-17-50(43)56-52(45)51(44)54(48,3)4/h5-33H,1-4H3. The summed E-state index contributed by atoms with van der Waals surface area (Å²) in [5, 5.41) is 2.34. The molecule has 2 nitrogen and oxygen atoms in total. The number of nitrogens with zero attached hydrogens (tertiary/aromatic N) is 1. The highest BCUT2D eigenvalue weighted by Crippen LogP contribution is 2.54. The summed E-state index contributed by atoms with van der Waals surface area (Å²) in [4.78, 5) is 2.39. The fraction of sp³-hybridized carbons (Fsp3) is 0.111. The van der Waals surface area contributed by atoms with Crippen LogP contribution in [-0.2, 0) is 10.8 Å². The van der Waals surface area contributed by atoms with E-state index in [1.54, 1.807) is 0 Å². The summed E-state index contributed by atoms with van der Waals surface area (Å²) in [6, 6.07) is 64.5. The smallest absolute Gasteiger partial charge is 0.140 e. The number of anilines is 3. The van der Waals surface area contributed by atoms with Crippen molar-refractivity contribution < 1.29 is 4.42 Å². The molecule has 0 saturated heterocycles. The number of rotatable bonds is 5. The number of fused-ring (bicyclic) bond motifs is 10. The van der Waals surface area contributed by atoms with E-state index in [2.05, 4.69) is 209 Å². The SMILES string of the molecule is CC1(C)c2ccccc2-c2ccc(-c3ccc(N(c4ccc(-c5ccccc5)cc4)c4ccc5c(c4)-c4ccc6c(oc7ccccc76)c4C5(C)C)cc3)cc21. The maximum absolute atomic E-state index is 6.62. The number of hydrogen-bond acceptors (Lipinski definition) is 2.